The summed E-state index contributed by atoms with van der Waals surface area (Å²) in [6.07, 6.45) is 6.91. The summed E-state index contributed by atoms with van der Waals surface area (Å²) in [7, 11) is 0. The van der Waals surface area contributed by atoms with Crippen molar-refractivity contribution in [1.29, 1.82) is 0 Å². The fourth-order valence-corrected chi connectivity index (χ4v) is 6.13. The second kappa shape index (κ2) is 7.41. The summed E-state index contributed by atoms with van der Waals surface area (Å²) in [5.41, 5.74) is 0.681. The Kier molecular flexibility index (Phi) is 5.11. The molecular weight excluding hydrogens is 352 g/mol. The summed E-state index contributed by atoms with van der Waals surface area (Å²) < 4.78 is 0. The van der Waals surface area contributed by atoms with E-state index in [0.717, 1.165) is 24.8 Å². The molecule has 3 N–H and O–H groups in total. The van der Waals surface area contributed by atoms with E-state index in [1.807, 2.05) is 13.8 Å². The van der Waals surface area contributed by atoms with Gasteiger partial charge < -0.3 is 15.7 Å². The molecule has 0 heterocycles. The van der Waals surface area contributed by atoms with E-state index in [4.69, 9.17) is 0 Å². The zero-order chi connectivity index (χ0) is 19.9. The predicted molar refractivity (Wildman–Crippen MR) is 107 cm³/mol. The van der Waals surface area contributed by atoms with Gasteiger partial charge in [-0.25, -0.2) is 0 Å². The lowest BCUT2D eigenvalue weighted by molar-refractivity contribution is -0.149. The van der Waals surface area contributed by atoms with Crippen LogP contribution in [-0.4, -0.2) is 23.0 Å². The molecular formula is C23H32N2O3. The highest BCUT2D eigenvalue weighted by atomic mass is 16.3. The minimum atomic E-state index is -0.516. The summed E-state index contributed by atoms with van der Waals surface area (Å²) in [4.78, 5) is 26.1. The maximum absolute atomic E-state index is 13.3. The first kappa shape index (κ1) is 19.3. The molecule has 1 aromatic rings. The number of phenolic OH excluding ortho intramolecular Hbond substituents is 1. The molecule has 28 heavy (non-hydrogen) atoms. The van der Waals surface area contributed by atoms with E-state index >= 15 is 0 Å². The molecule has 4 aliphatic rings. The van der Waals surface area contributed by atoms with Crippen molar-refractivity contribution in [1.82, 2.24) is 10.6 Å². The van der Waals surface area contributed by atoms with Crippen molar-refractivity contribution in [2.24, 2.45) is 29.1 Å². The summed E-state index contributed by atoms with van der Waals surface area (Å²) in [5.74, 6) is 2.32. The predicted octanol–water partition coefficient (Wildman–Crippen LogP) is 3.37. The quantitative estimate of drug-likeness (QED) is 0.704. The Morgan fingerprint density at radius 3 is 2.07 bits per heavy atom. The number of hydrogen-bond donors (Lipinski definition) is 3. The van der Waals surface area contributed by atoms with E-state index in [2.05, 4.69) is 10.6 Å². The summed E-state index contributed by atoms with van der Waals surface area (Å²) in [6.45, 7) is 4.34. The number of phenols is 1. The number of aromatic hydroxyl groups is 1. The van der Waals surface area contributed by atoms with Gasteiger partial charge in [0.1, 0.15) is 11.8 Å². The molecule has 4 fully saturated rings. The second-order valence-electron chi connectivity index (χ2n) is 9.78. The topological polar surface area (TPSA) is 78.4 Å². The molecule has 0 aliphatic heterocycles. The maximum atomic E-state index is 13.3. The SMILES string of the molecule is CC(C)C(NC(=O)C12CC3CC(CC(C3)C1)C2)C(=O)NCc1ccc(O)cc1. The third-order valence-electron chi connectivity index (χ3n) is 7.16. The van der Waals surface area contributed by atoms with Crippen LogP contribution in [-0.2, 0) is 16.1 Å². The zero-order valence-corrected chi connectivity index (χ0v) is 16.9. The Balaban J connectivity index is 1.39. The van der Waals surface area contributed by atoms with Gasteiger partial charge in [-0.1, -0.05) is 26.0 Å². The van der Waals surface area contributed by atoms with Crippen molar-refractivity contribution in [2.75, 3.05) is 0 Å². The standard InChI is InChI=1S/C23H32N2O3/c1-14(2)20(21(27)24-13-15-3-5-19(26)6-4-15)25-22(28)23-10-16-7-17(11-23)9-18(8-16)12-23/h3-6,14,16-18,20,26H,7-13H2,1-2H3,(H,24,27)(H,25,28). The van der Waals surface area contributed by atoms with Crippen LogP contribution in [0.1, 0.15) is 57.9 Å². The van der Waals surface area contributed by atoms with E-state index < -0.39 is 6.04 Å². The molecule has 1 atom stereocenters. The molecule has 5 nitrogen and oxygen atoms in total. The van der Waals surface area contributed by atoms with Gasteiger partial charge in [-0.15, -0.1) is 0 Å². The maximum Gasteiger partial charge on any atom is 0.243 e. The highest BCUT2D eigenvalue weighted by Crippen LogP contribution is 2.60. The van der Waals surface area contributed by atoms with Crippen molar-refractivity contribution >= 4 is 11.8 Å². The normalized spacial score (nSPS) is 31.6. The molecule has 0 spiro atoms. The van der Waals surface area contributed by atoms with E-state index in [1.165, 1.54) is 19.3 Å². The van der Waals surface area contributed by atoms with Crippen LogP contribution >= 0.6 is 0 Å². The van der Waals surface area contributed by atoms with Crippen molar-refractivity contribution in [3.05, 3.63) is 29.8 Å². The molecule has 2 amide bonds. The second-order valence-corrected chi connectivity index (χ2v) is 9.78. The fraction of sp³-hybridized carbons (Fsp3) is 0.652. The molecule has 0 aromatic heterocycles. The minimum absolute atomic E-state index is 0.0256. The van der Waals surface area contributed by atoms with Crippen LogP contribution in [0.4, 0.5) is 0 Å². The van der Waals surface area contributed by atoms with Crippen LogP contribution in [0.2, 0.25) is 0 Å². The Morgan fingerprint density at radius 2 is 1.57 bits per heavy atom. The summed E-state index contributed by atoms with van der Waals surface area (Å²) >= 11 is 0. The number of amides is 2. The van der Waals surface area contributed by atoms with Gasteiger partial charge in [-0.05, 0) is 79.9 Å². The third kappa shape index (κ3) is 3.76. The molecule has 4 aliphatic carbocycles. The lowest BCUT2D eigenvalue weighted by Crippen LogP contribution is -2.58. The minimum Gasteiger partial charge on any atom is -0.508 e. The Morgan fingerprint density at radius 1 is 1.04 bits per heavy atom. The van der Waals surface area contributed by atoms with Crippen LogP contribution in [0, 0.1) is 29.1 Å². The number of benzene rings is 1. The number of hydrogen-bond acceptors (Lipinski definition) is 3. The first-order valence-electron chi connectivity index (χ1n) is 10.7. The lowest BCUT2D eigenvalue weighted by atomic mass is 9.49. The molecule has 0 saturated heterocycles. The molecule has 0 radical (unpaired) electrons. The monoisotopic (exact) mass is 384 g/mol. The van der Waals surface area contributed by atoms with Crippen LogP contribution in [0.25, 0.3) is 0 Å². The van der Waals surface area contributed by atoms with Gasteiger partial charge in [0.25, 0.3) is 0 Å². The van der Waals surface area contributed by atoms with Crippen molar-refractivity contribution in [2.45, 2.75) is 65.0 Å². The van der Waals surface area contributed by atoms with Crippen LogP contribution in [0.15, 0.2) is 24.3 Å². The Bertz CT molecular complexity index is 705. The summed E-state index contributed by atoms with van der Waals surface area (Å²) in [6, 6.07) is 6.27. The average Bonchev–Trinajstić information content (AvgIpc) is 2.64. The van der Waals surface area contributed by atoms with Gasteiger partial charge in [0.2, 0.25) is 11.8 Å². The van der Waals surface area contributed by atoms with Gasteiger partial charge in [0, 0.05) is 12.0 Å². The van der Waals surface area contributed by atoms with Gasteiger partial charge in [-0.2, -0.15) is 0 Å². The van der Waals surface area contributed by atoms with E-state index in [0.29, 0.717) is 24.3 Å². The van der Waals surface area contributed by atoms with Crippen LogP contribution in [0.5, 0.6) is 5.75 Å². The largest absolute Gasteiger partial charge is 0.508 e. The van der Waals surface area contributed by atoms with Gasteiger partial charge >= 0.3 is 0 Å². The molecule has 1 unspecified atom stereocenters. The molecule has 1 aromatic carbocycles. The number of rotatable bonds is 6. The van der Waals surface area contributed by atoms with Gasteiger partial charge in [0.15, 0.2) is 0 Å². The smallest absolute Gasteiger partial charge is 0.243 e. The average molecular weight is 385 g/mol. The Labute approximate surface area is 167 Å². The molecule has 4 saturated carbocycles. The van der Waals surface area contributed by atoms with Crippen molar-refractivity contribution < 1.29 is 14.7 Å². The summed E-state index contributed by atoms with van der Waals surface area (Å²) in [5, 5.41) is 15.4. The molecule has 5 heteroatoms. The third-order valence-corrected chi connectivity index (χ3v) is 7.16. The van der Waals surface area contributed by atoms with Crippen molar-refractivity contribution in [3.63, 3.8) is 0 Å². The van der Waals surface area contributed by atoms with Crippen LogP contribution in [0.3, 0.4) is 0 Å². The lowest BCUT2D eigenvalue weighted by Gasteiger charge is -2.55. The van der Waals surface area contributed by atoms with Crippen molar-refractivity contribution in [3.8, 4) is 5.75 Å². The van der Waals surface area contributed by atoms with Crippen LogP contribution < -0.4 is 10.6 Å². The first-order chi connectivity index (χ1) is 13.3. The Hall–Kier alpha value is -2.04. The van der Waals surface area contributed by atoms with E-state index in [1.54, 1.807) is 24.3 Å². The first-order valence-corrected chi connectivity index (χ1v) is 10.7. The van der Waals surface area contributed by atoms with Gasteiger partial charge in [0.05, 0.1) is 0 Å². The molecule has 5 rings (SSSR count). The van der Waals surface area contributed by atoms with Gasteiger partial charge in [-0.3, -0.25) is 9.59 Å². The molecule has 4 bridgehead atoms. The van der Waals surface area contributed by atoms with E-state index in [-0.39, 0.29) is 28.9 Å². The highest BCUT2D eigenvalue weighted by molar-refractivity contribution is 5.90. The van der Waals surface area contributed by atoms with E-state index in [9.17, 15) is 14.7 Å². The zero-order valence-electron chi connectivity index (χ0n) is 16.9. The number of nitrogens with one attached hydrogen (secondary N) is 2. The fourth-order valence-electron chi connectivity index (χ4n) is 6.13. The number of carbonyl (C=O) groups is 2. The number of carbonyl (C=O) groups excluding carboxylic acids is 2. The highest BCUT2D eigenvalue weighted by Gasteiger charge is 2.55. The molecule has 152 valence electrons.